The number of benzene rings is 1. The first-order chi connectivity index (χ1) is 11.8. The molecular formula is C18H25FN2O3S. The van der Waals surface area contributed by atoms with Crippen LogP contribution in [0.15, 0.2) is 29.2 Å². The third kappa shape index (κ3) is 4.03. The van der Waals surface area contributed by atoms with Crippen LogP contribution in [0.3, 0.4) is 0 Å². The lowest BCUT2D eigenvalue weighted by Crippen LogP contribution is -2.46. The number of rotatable bonds is 4. The zero-order valence-electron chi connectivity index (χ0n) is 14.5. The van der Waals surface area contributed by atoms with Gasteiger partial charge in [-0.3, -0.25) is 4.79 Å². The maximum absolute atomic E-state index is 13.0. The van der Waals surface area contributed by atoms with E-state index < -0.39 is 21.6 Å². The van der Waals surface area contributed by atoms with E-state index >= 15 is 0 Å². The van der Waals surface area contributed by atoms with Crippen molar-refractivity contribution in [1.82, 2.24) is 10.2 Å². The van der Waals surface area contributed by atoms with Gasteiger partial charge in [-0.05, 0) is 55.5 Å². The van der Waals surface area contributed by atoms with E-state index in [1.165, 1.54) is 12.1 Å². The first kappa shape index (κ1) is 18.3. The molecule has 0 aliphatic carbocycles. The summed E-state index contributed by atoms with van der Waals surface area (Å²) in [5.74, 6) is -1.44. The molecule has 138 valence electrons. The van der Waals surface area contributed by atoms with Crippen molar-refractivity contribution in [3.8, 4) is 0 Å². The van der Waals surface area contributed by atoms with Crippen LogP contribution in [0, 0.1) is 17.2 Å². The van der Waals surface area contributed by atoms with Gasteiger partial charge >= 0.3 is 0 Å². The molecule has 3 rings (SSSR count). The van der Waals surface area contributed by atoms with Gasteiger partial charge in [0.2, 0.25) is 5.91 Å². The molecule has 0 radical (unpaired) electrons. The van der Waals surface area contributed by atoms with E-state index in [0.29, 0.717) is 18.5 Å². The quantitative estimate of drug-likeness (QED) is 0.824. The van der Waals surface area contributed by atoms with Gasteiger partial charge in [-0.2, -0.15) is 0 Å². The molecule has 1 aromatic carbocycles. The molecule has 5 nitrogen and oxygen atoms in total. The summed E-state index contributed by atoms with van der Waals surface area (Å²) < 4.78 is 37.9. The third-order valence-corrected chi connectivity index (χ3v) is 7.46. The molecule has 1 N–H and O–H groups in total. The number of carbonyl (C=O) groups excluding carboxylic acids is 1. The van der Waals surface area contributed by atoms with Crippen LogP contribution < -0.4 is 5.32 Å². The molecule has 0 aromatic heterocycles. The number of piperidine rings is 1. The molecule has 2 saturated heterocycles. The van der Waals surface area contributed by atoms with Gasteiger partial charge in [0.25, 0.3) is 0 Å². The van der Waals surface area contributed by atoms with Crippen molar-refractivity contribution in [2.45, 2.75) is 31.1 Å². The summed E-state index contributed by atoms with van der Waals surface area (Å²) in [6.07, 6.45) is 3.11. The number of nitrogens with one attached hydrogen (secondary N) is 1. The molecule has 1 amide bonds. The first-order valence-electron chi connectivity index (χ1n) is 8.79. The van der Waals surface area contributed by atoms with Crippen molar-refractivity contribution < 1.29 is 17.6 Å². The van der Waals surface area contributed by atoms with E-state index in [0.717, 1.165) is 44.5 Å². The molecule has 1 unspecified atom stereocenters. The topological polar surface area (TPSA) is 66.5 Å². The van der Waals surface area contributed by atoms with Crippen LogP contribution in [0.2, 0.25) is 0 Å². The van der Waals surface area contributed by atoms with Crippen LogP contribution in [-0.4, -0.2) is 51.2 Å². The molecule has 0 bridgehead atoms. The Morgan fingerprint density at radius 3 is 2.44 bits per heavy atom. The highest BCUT2D eigenvalue weighted by Crippen LogP contribution is 2.37. The predicted molar refractivity (Wildman–Crippen MR) is 93.4 cm³/mol. The minimum atomic E-state index is -3.61. The van der Waals surface area contributed by atoms with Crippen LogP contribution in [0.5, 0.6) is 0 Å². The number of sulfone groups is 1. The van der Waals surface area contributed by atoms with Crippen molar-refractivity contribution >= 4 is 15.7 Å². The Morgan fingerprint density at radius 1 is 1.24 bits per heavy atom. The number of amides is 1. The average molecular weight is 368 g/mol. The fourth-order valence-electron chi connectivity index (χ4n) is 3.87. The highest BCUT2D eigenvalue weighted by atomic mass is 32.2. The lowest BCUT2D eigenvalue weighted by molar-refractivity contribution is -0.136. The summed E-state index contributed by atoms with van der Waals surface area (Å²) in [5.41, 5.74) is 0.320. The largest absolute Gasteiger partial charge is 0.342 e. The Balaban J connectivity index is 1.60. The Bertz CT molecular complexity index is 717. The summed E-state index contributed by atoms with van der Waals surface area (Å²) >= 11 is 0. The minimum absolute atomic E-state index is 0.0585. The number of nitrogens with zero attached hydrogens (tertiary/aromatic N) is 1. The molecule has 1 atom stereocenters. The Hall–Kier alpha value is -1.47. The van der Waals surface area contributed by atoms with E-state index in [1.807, 2.05) is 0 Å². The second-order valence-electron chi connectivity index (χ2n) is 7.39. The van der Waals surface area contributed by atoms with Crippen LogP contribution in [0.25, 0.3) is 0 Å². The van der Waals surface area contributed by atoms with Crippen LogP contribution in [0.4, 0.5) is 4.39 Å². The van der Waals surface area contributed by atoms with Gasteiger partial charge in [-0.15, -0.1) is 0 Å². The van der Waals surface area contributed by atoms with E-state index in [2.05, 4.69) is 5.32 Å². The molecular weight excluding hydrogens is 343 g/mol. The normalized spacial score (nSPS) is 21.4. The molecule has 2 fully saturated rings. The third-order valence-electron chi connectivity index (χ3n) is 5.53. The summed E-state index contributed by atoms with van der Waals surface area (Å²) in [6.45, 7) is 5.11. The summed E-state index contributed by atoms with van der Waals surface area (Å²) in [5, 5.41) is 3.39. The lowest BCUT2D eigenvalue weighted by Gasteiger charge is -2.39. The summed E-state index contributed by atoms with van der Waals surface area (Å²) in [7, 11) is -3.61. The van der Waals surface area contributed by atoms with Crippen LogP contribution in [0.1, 0.15) is 26.2 Å². The highest BCUT2D eigenvalue weighted by molar-refractivity contribution is 7.91. The standard InChI is InChI=1S/C18H25FN2O3S/c1-14(12-25(23,24)16-4-2-15(19)3-5-16)17(22)21-10-7-18(8-11-21)6-9-20-13-18/h2-5,14,20H,6-13H2,1H3. The lowest BCUT2D eigenvalue weighted by atomic mass is 9.77. The van der Waals surface area contributed by atoms with Crippen molar-refractivity contribution in [1.29, 1.82) is 0 Å². The molecule has 1 aromatic rings. The van der Waals surface area contributed by atoms with Crippen molar-refractivity contribution in [3.63, 3.8) is 0 Å². The molecule has 2 aliphatic rings. The number of halogens is 1. The molecule has 2 aliphatic heterocycles. The number of hydrogen-bond donors (Lipinski definition) is 1. The first-order valence-corrected chi connectivity index (χ1v) is 10.4. The van der Waals surface area contributed by atoms with Gasteiger partial charge in [0, 0.05) is 25.6 Å². The fraction of sp³-hybridized carbons (Fsp3) is 0.611. The predicted octanol–water partition coefficient (Wildman–Crippen LogP) is 1.84. The van der Waals surface area contributed by atoms with Crippen molar-refractivity contribution in [2.24, 2.45) is 11.3 Å². The number of hydrogen-bond acceptors (Lipinski definition) is 4. The SMILES string of the molecule is CC(CS(=O)(=O)c1ccc(F)cc1)C(=O)N1CCC2(CCNC2)CC1. The molecule has 2 heterocycles. The number of carbonyl (C=O) groups is 1. The Kier molecular flexibility index (Phi) is 5.16. The van der Waals surface area contributed by atoms with Crippen molar-refractivity contribution in [2.75, 3.05) is 31.9 Å². The second-order valence-corrected chi connectivity index (χ2v) is 9.42. The van der Waals surface area contributed by atoms with Gasteiger partial charge in [-0.1, -0.05) is 6.92 Å². The molecule has 1 spiro atoms. The van der Waals surface area contributed by atoms with Crippen LogP contribution >= 0.6 is 0 Å². The Morgan fingerprint density at radius 2 is 1.88 bits per heavy atom. The molecule has 25 heavy (non-hydrogen) atoms. The van der Waals surface area contributed by atoms with Crippen LogP contribution in [-0.2, 0) is 14.6 Å². The maximum atomic E-state index is 13.0. The van der Waals surface area contributed by atoms with Gasteiger partial charge in [-0.25, -0.2) is 12.8 Å². The monoisotopic (exact) mass is 368 g/mol. The van der Waals surface area contributed by atoms with Gasteiger partial charge in [0.1, 0.15) is 5.82 Å². The van der Waals surface area contributed by atoms with E-state index in [4.69, 9.17) is 0 Å². The highest BCUT2D eigenvalue weighted by Gasteiger charge is 2.39. The average Bonchev–Trinajstić information content (AvgIpc) is 3.03. The van der Waals surface area contributed by atoms with Gasteiger partial charge in [0.05, 0.1) is 10.6 Å². The smallest absolute Gasteiger partial charge is 0.226 e. The fourth-order valence-corrected chi connectivity index (χ4v) is 5.42. The zero-order chi connectivity index (χ0) is 18.1. The zero-order valence-corrected chi connectivity index (χ0v) is 15.3. The van der Waals surface area contributed by atoms with Crippen molar-refractivity contribution in [3.05, 3.63) is 30.1 Å². The van der Waals surface area contributed by atoms with E-state index in [1.54, 1.807) is 11.8 Å². The molecule has 7 heteroatoms. The van der Waals surface area contributed by atoms with Gasteiger partial charge in [0.15, 0.2) is 9.84 Å². The number of likely N-dealkylation sites (tertiary alicyclic amines) is 1. The molecule has 0 saturated carbocycles. The second kappa shape index (κ2) is 7.03. The Labute approximate surface area is 148 Å². The van der Waals surface area contributed by atoms with E-state index in [9.17, 15) is 17.6 Å². The minimum Gasteiger partial charge on any atom is -0.342 e. The van der Waals surface area contributed by atoms with Gasteiger partial charge < -0.3 is 10.2 Å². The maximum Gasteiger partial charge on any atom is 0.226 e. The summed E-state index contributed by atoms with van der Waals surface area (Å²) in [6, 6.07) is 4.75. The van der Waals surface area contributed by atoms with E-state index in [-0.39, 0.29) is 16.6 Å². The summed E-state index contributed by atoms with van der Waals surface area (Å²) in [4.78, 5) is 14.5.